The lowest BCUT2D eigenvalue weighted by Gasteiger charge is -2.27. The molecule has 146 valence electrons. The van der Waals surface area contributed by atoms with Crippen molar-refractivity contribution in [2.75, 3.05) is 25.0 Å². The van der Waals surface area contributed by atoms with Crippen molar-refractivity contribution in [3.8, 4) is 5.75 Å². The fraction of sp³-hybridized carbons (Fsp3) is 0.350. The van der Waals surface area contributed by atoms with E-state index in [0.717, 1.165) is 13.1 Å². The molecule has 1 atom stereocenters. The van der Waals surface area contributed by atoms with E-state index >= 15 is 0 Å². The van der Waals surface area contributed by atoms with E-state index in [1.807, 2.05) is 18.2 Å². The van der Waals surface area contributed by atoms with Gasteiger partial charge in [-0.1, -0.05) is 30.3 Å². The third-order valence-corrected chi connectivity index (χ3v) is 4.65. The molecule has 4 nitrogen and oxygen atoms in total. The minimum atomic E-state index is -2.83. The van der Waals surface area contributed by atoms with Crippen LogP contribution in [0.15, 0.2) is 54.6 Å². The number of hydrogen-bond acceptors (Lipinski definition) is 2. The number of benzene rings is 2. The van der Waals surface area contributed by atoms with Gasteiger partial charge in [0.15, 0.2) is 5.11 Å². The van der Waals surface area contributed by atoms with E-state index in [1.54, 1.807) is 12.1 Å². The molecule has 0 amide bonds. The largest absolute Gasteiger partial charge is 0.435 e. The monoisotopic (exact) mass is 394 g/mol. The van der Waals surface area contributed by atoms with Crippen molar-refractivity contribution in [3.63, 3.8) is 0 Å². The number of likely N-dealkylation sites (N-methyl/N-ethyl adjacent to an activating group) is 1. The van der Waals surface area contributed by atoms with Crippen molar-refractivity contribution in [2.24, 2.45) is 0 Å². The first-order chi connectivity index (χ1) is 13.0. The molecule has 3 N–H and O–H groups in total. The van der Waals surface area contributed by atoms with Crippen LogP contribution >= 0.6 is 12.2 Å². The Labute approximate surface area is 164 Å². The van der Waals surface area contributed by atoms with Gasteiger partial charge in [-0.3, -0.25) is 0 Å². The Hall–Kier alpha value is -2.25. The summed E-state index contributed by atoms with van der Waals surface area (Å²) in [6.45, 7) is 4.25. The van der Waals surface area contributed by atoms with Gasteiger partial charge in [0.25, 0.3) is 0 Å². The molecule has 2 aromatic carbocycles. The number of quaternary nitrogens is 1. The van der Waals surface area contributed by atoms with Crippen LogP contribution in [0, 0.1) is 0 Å². The van der Waals surface area contributed by atoms with E-state index in [0.29, 0.717) is 17.3 Å². The zero-order valence-electron chi connectivity index (χ0n) is 15.5. The molecule has 2 rings (SSSR count). The molecule has 0 fully saturated rings. The van der Waals surface area contributed by atoms with Crippen LogP contribution in [0.4, 0.5) is 14.5 Å². The predicted molar refractivity (Wildman–Crippen MR) is 109 cm³/mol. The number of nitrogens with one attached hydrogen (secondary N) is 3. The van der Waals surface area contributed by atoms with Gasteiger partial charge >= 0.3 is 6.61 Å². The zero-order valence-corrected chi connectivity index (χ0v) is 16.4. The van der Waals surface area contributed by atoms with E-state index in [1.165, 1.54) is 22.6 Å². The predicted octanol–water partition coefficient (Wildman–Crippen LogP) is 3.24. The number of hydrogen-bond donors (Lipinski definition) is 3. The van der Waals surface area contributed by atoms with Gasteiger partial charge in [-0.25, -0.2) is 0 Å². The molecule has 0 aliphatic carbocycles. The normalized spacial score (nSPS) is 12.1. The third kappa shape index (κ3) is 6.77. The Kier molecular flexibility index (Phi) is 8.42. The summed E-state index contributed by atoms with van der Waals surface area (Å²) in [5.41, 5.74) is 1.97. The summed E-state index contributed by atoms with van der Waals surface area (Å²) in [5.74, 6) is 0.115. The summed E-state index contributed by atoms with van der Waals surface area (Å²) >= 11 is 5.38. The SMILES string of the molecule is CC[NH+](CC)[C@H](CNC(=S)Nc1ccc(OC(F)F)cc1)c1ccccc1. The Morgan fingerprint density at radius 1 is 1.04 bits per heavy atom. The van der Waals surface area contributed by atoms with Gasteiger partial charge in [-0.2, -0.15) is 8.78 Å². The van der Waals surface area contributed by atoms with Crippen LogP contribution < -0.4 is 20.3 Å². The molecule has 0 bridgehead atoms. The van der Waals surface area contributed by atoms with E-state index in [-0.39, 0.29) is 11.8 Å². The molecule has 0 unspecified atom stereocenters. The van der Waals surface area contributed by atoms with Crippen molar-refractivity contribution >= 4 is 23.0 Å². The Balaban J connectivity index is 1.95. The van der Waals surface area contributed by atoms with Gasteiger partial charge in [0.2, 0.25) is 0 Å². The first-order valence-electron chi connectivity index (χ1n) is 9.02. The van der Waals surface area contributed by atoms with Crippen LogP contribution in [0.25, 0.3) is 0 Å². The number of ether oxygens (including phenoxy) is 1. The number of halogens is 2. The van der Waals surface area contributed by atoms with E-state index in [2.05, 4.69) is 41.4 Å². The Bertz CT molecular complexity index is 694. The highest BCUT2D eigenvalue weighted by Gasteiger charge is 2.21. The van der Waals surface area contributed by atoms with Crippen LogP contribution in [-0.4, -0.2) is 31.4 Å². The molecule has 27 heavy (non-hydrogen) atoms. The molecular formula is C20H26F2N3OS+. The maximum absolute atomic E-state index is 12.2. The molecule has 2 aromatic rings. The van der Waals surface area contributed by atoms with Gasteiger partial charge in [0.05, 0.1) is 19.6 Å². The maximum Gasteiger partial charge on any atom is 0.387 e. The lowest BCUT2D eigenvalue weighted by molar-refractivity contribution is -0.927. The van der Waals surface area contributed by atoms with Crippen LogP contribution in [0.1, 0.15) is 25.5 Å². The van der Waals surface area contributed by atoms with E-state index in [9.17, 15) is 8.78 Å². The zero-order chi connectivity index (χ0) is 19.6. The summed E-state index contributed by atoms with van der Waals surface area (Å²) in [5, 5.41) is 6.84. The summed E-state index contributed by atoms with van der Waals surface area (Å²) in [4.78, 5) is 1.46. The van der Waals surface area contributed by atoms with Crippen molar-refractivity contribution in [1.29, 1.82) is 0 Å². The topological polar surface area (TPSA) is 37.7 Å². The number of thiocarbonyl (C=S) groups is 1. The van der Waals surface area contributed by atoms with Crippen LogP contribution in [0.3, 0.4) is 0 Å². The van der Waals surface area contributed by atoms with Gasteiger partial charge in [0, 0.05) is 11.3 Å². The van der Waals surface area contributed by atoms with Crippen LogP contribution in [-0.2, 0) is 0 Å². The fourth-order valence-corrected chi connectivity index (χ4v) is 3.22. The summed E-state index contributed by atoms with van der Waals surface area (Å²) in [6.07, 6.45) is 0. The smallest absolute Gasteiger partial charge is 0.387 e. The lowest BCUT2D eigenvalue weighted by Crippen LogP contribution is -3.12. The van der Waals surface area contributed by atoms with E-state index < -0.39 is 6.61 Å². The highest BCUT2D eigenvalue weighted by molar-refractivity contribution is 7.80. The van der Waals surface area contributed by atoms with Gasteiger partial charge in [-0.05, 0) is 50.3 Å². The second kappa shape index (κ2) is 10.8. The highest BCUT2D eigenvalue weighted by atomic mass is 32.1. The van der Waals surface area contributed by atoms with Gasteiger partial charge in [-0.15, -0.1) is 0 Å². The Morgan fingerprint density at radius 3 is 2.22 bits per heavy atom. The molecule has 0 aliphatic rings. The quantitative estimate of drug-likeness (QED) is 0.571. The Morgan fingerprint density at radius 2 is 1.67 bits per heavy atom. The fourth-order valence-electron chi connectivity index (χ4n) is 3.02. The second-order valence-corrected chi connectivity index (χ2v) is 6.47. The minimum Gasteiger partial charge on any atom is -0.435 e. The molecule has 0 aliphatic heterocycles. The molecule has 0 saturated carbocycles. The van der Waals surface area contributed by atoms with Crippen molar-refractivity contribution in [3.05, 3.63) is 60.2 Å². The lowest BCUT2D eigenvalue weighted by atomic mass is 10.1. The number of anilines is 1. The summed E-state index contributed by atoms with van der Waals surface area (Å²) in [7, 11) is 0. The maximum atomic E-state index is 12.2. The van der Waals surface area contributed by atoms with Crippen molar-refractivity contribution < 1.29 is 18.4 Å². The van der Waals surface area contributed by atoms with Crippen molar-refractivity contribution in [1.82, 2.24) is 5.32 Å². The summed E-state index contributed by atoms with van der Waals surface area (Å²) in [6, 6.07) is 16.9. The number of rotatable bonds is 9. The van der Waals surface area contributed by atoms with Gasteiger partial charge in [0.1, 0.15) is 11.8 Å². The molecule has 0 saturated heterocycles. The average Bonchev–Trinajstić information content (AvgIpc) is 2.67. The first-order valence-corrected chi connectivity index (χ1v) is 9.43. The molecule has 0 radical (unpaired) electrons. The second-order valence-electron chi connectivity index (χ2n) is 6.07. The highest BCUT2D eigenvalue weighted by Crippen LogP contribution is 2.17. The average molecular weight is 395 g/mol. The van der Waals surface area contributed by atoms with Crippen LogP contribution in [0.2, 0.25) is 0 Å². The van der Waals surface area contributed by atoms with Gasteiger partial charge < -0.3 is 20.3 Å². The molecule has 7 heteroatoms. The number of alkyl halides is 2. The third-order valence-electron chi connectivity index (χ3n) is 4.41. The molecule has 0 heterocycles. The first kappa shape index (κ1) is 21.1. The minimum absolute atomic E-state index is 0.115. The molecule has 0 spiro atoms. The molecular weight excluding hydrogens is 368 g/mol. The van der Waals surface area contributed by atoms with E-state index in [4.69, 9.17) is 12.2 Å². The van der Waals surface area contributed by atoms with Crippen LogP contribution in [0.5, 0.6) is 5.75 Å². The van der Waals surface area contributed by atoms with Crippen molar-refractivity contribution in [2.45, 2.75) is 26.5 Å². The summed E-state index contributed by atoms with van der Waals surface area (Å²) < 4.78 is 28.7. The molecule has 0 aromatic heterocycles. The standard InChI is InChI=1S/C20H25F2N3OS/c1-3-25(4-2)18(15-8-6-5-7-9-15)14-23-20(27)24-16-10-12-17(13-11-16)26-19(21)22/h5-13,18-19H,3-4,14H2,1-2H3,(H2,23,24,27)/p+1/t18-/m1/s1.